The van der Waals surface area contributed by atoms with Crippen LogP contribution in [-0.2, 0) is 0 Å². The van der Waals surface area contributed by atoms with Gasteiger partial charge in [0.05, 0.1) is 18.1 Å². The molecule has 0 saturated carbocycles. The average Bonchev–Trinajstić information content (AvgIpc) is 3.33. The molecule has 7 heteroatoms. The largest absolute Gasteiger partial charge is 0.497 e. The SMILES string of the molecule is COc1ccc(NC(=O)c2ccc3[nH]c(-c4ccc(C(=O)Nc5ccccc5)cc4)nc3c2)cc1. The van der Waals surface area contributed by atoms with E-state index < -0.39 is 0 Å². The standard InChI is InChI=1S/C28H22N4O3/c1-35-23-14-12-22(13-15-23)30-28(34)20-11-16-24-25(17-20)32-26(31-24)18-7-9-19(10-8-18)27(33)29-21-5-3-2-4-6-21/h2-17H,1H3,(H,29,33)(H,30,34)(H,31,32). The average molecular weight is 463 g/mol. The molecule has 0 atom stereocenters. The Labute approximate surface area is 201 Å². The predicted octanol–water partition coefficient (Wildman–Crippen LogP) is 5.74. The van der Waals surface area contributed by atoms with Crippen LogP contribution in [0.4, 0.5) is 11.4 Å². The van der Waals surface area contributed by atoms with Crippen LogP contribution in [0.15, 0.2) is 97.1 Å². The second-order valence-corrected chi connectivity index (χ2v) is 7.90. The van der Waals surface area contributed by atoms with Crippen molar-refractivity contribution in [2.24, 2.45) is 0 Å². The van der Waals surface area contributed by atoms with Crippen molar-refractivity contribution in [3.8, 4) is 17.1 Å². The second-order valence-electron chi connectivity index (χ2n) is 7.90. The van der Waals surface area contributed by atoms with Crippen molar-refractivity contribution in [1.29, 1.82) is 0 Å². The molecule has 0 aliphatic rings. The van der Waals surface area contributed by atoms with E-state index >= 15 is 0 Å². The molecule has 0 radical (unpaired) electrons. The lowest BCUT2D eigenvalue weighted by molar-refractivity contribution is 0.101. The molecule has 5 aromatic rings. The van der Waals surface area contributed by atoms with E-state index in [-0.39, 0.29) is 11.8 Å². The van der Waals surface area contributed by atoms with Gasteiger partial charge in [-0.1, -0.05) is 30.3 Å². The number of aromatic amines is 1. The summed E-state index contributed by atoms with van der Waals surface area (Å²) in [6, 6.07) is 29.0. The lowest BCUT2D eigenvalue weighted by atomic mass is 10.1. The van der Waals surface area contributed by atoms with Crippen LogP contribution < -0.4 is 15.4 Å². The molecule has 0 unspecified atom stereocenters. The van der Waals surface area contributed by atoms with Crippen molar-refractivity contribution in [2.45, 2.75) is 0 Å². The molecule has 0 saturated heterocycles. The molecule has 0 bridgehead atoms. The Bertz CT molecular complexity index is 1490. The van der Waals surface area contributed by atoms with E-state index in [4.69, 9.17) is 4.74 Å². The minimum absolute atomic E-state index is 0.181. The molecule has 0 fully saturated rings. The number of hydrogen-bond acceptors (Lipinski definition) is 4. The third-order valence-corrected chi connectivity index (χ3v) is 5.55. The van der Waals surface area contributed by atoms with Crippen molar-refractivity contribution >= 4 is 34.2 Å². The van der Waals surface area contributed by atoms with E-state index in [0.29, 0.717) is 28.2 Å². The third-order valence-electron chi connectivity index (χ3n) is 5.55. The fraction of sp³-hybridized carbons (Fsp3) is 0.0357. The molecular weight excluding hydrogens is 440 g/mol. The minimum Gasteiger partial charge on any atom is -0.497 e. The number of carbonyl (C=O) groups excluding carboxylic acids is 2. The van der Waals surface area contributed by atoms with Crippen molar-refractivity contribution in [2.75, 3.05) is 17.7 Å². The number of carbonyl (C=O) groups is 2. The number of aromatic nitrogens is 2. The molecule has 5 rings (SSSR count). The molecule has 3 N–H and O–H groups in total. The minimum atomic E-state index is -0.226. The van der Waals surface area contributed by atoms with Gasteiger partial charge in [0.2, 0.25) is 0 Å². The first kappa shape index (κ1) is 21.9. The smallest absolute Gasteiger partial charge is 0.255 e. The maximum Gasteiger partial charge on any atom is 0.255 e. The summed E-state index contributed by atoms with van der Waals surface area (Å²) >= 11 is 0. The topological polar surface area (TPSA) is 96.1 Å². The van der Waals surface area contributed by atoms with Gasteiger partial charge in [-0.3, -0.25) is 9.59 Å². The van der Waals surface area contributed by atoms with Crippen LogP contribution in [0, 0.1) is 0 Å². The van der Waals surface area contributed by atoms with Crippen LogP contribution in [0.5, 0.6) is 5.75 Å². The summed E-state index contributed by atoms with van der Waals surface area (Å²) in [6.45, 7) is 0. The molecule has 2 amide bonds. The van der Waals surface area contributed by atoms with Crippen LogP contribution in [0.2, 0.25) is 0 Å². The Balaban J connectivity index is 1.31. The van der Waals surface area contributed by atoms with Crippen LogP contribution in [-0.4, -0.2) is 28.9 Å². The quantitative estimate of drug-likeness (QED) is 0.300. The Morgan fingerprint density at radius 3 is 2.06 bits per heavy atom. The van der Waals surface area contributed by atoms with Crippen molar-refractivity contribution < 1.29 is 14.3 Å². The molecule has 0 aliphatic carbocycles. The molecule has 172 valence electrons. The fourth-order valence-corrected chi connectivity index (χ4v) is 3.67. The second kappa shape index (κ2) is 9.52. The van der Waals surface area contributed by atoms with E-state index in [9.17, 15) is 9.59 Å². The molecule has 7 nitrogen and oxygen atoms in total. The Hall–Kier alpha value is -4.91. The summed E-state index contributed by atoms with van der Waals surface area (Å²) in [4.78, 5) is 33.1. The van der Waals surface area contributed by atoms with Gasteiger partial charge in [0.25, 0.3) is 11.8 Å². The van der Waals surface area contributed by atoms with Gasteiger partial charge in [0.1, 0.15) is 11.6 Å². The Morgan fingerprint density at radius 1 is 0.743 bits per heavy atom. The number of nitrogens with zero attached hydrogens (tertiary/aromatic N) is 1. The highest BCUT2D eigenvalue weighted by atomic mass is 16.5. The number of para-hydroxylation sites is 1. The molecule has 1 heterocycles. The Morgan fingerprint density at radius 2 is 1.37 bits per heavy atom. The van der Waals surface area contributed by atoms with Crippen molar-refractivity contribution in [1.82, 2.24) is 9.97 Å². The van der Waals surface area contributed by atoms with Crippen molar-refractivity contribution in [3.05, 3.63) is 108 Å². The number of methoxy groups -OCH3 is 1. The van der Waals surface area contributed by atoms with Gasteiger partial charge < -0.3 is 20.4 Å². The maximum absolute atomic E-state index is 12.7. The number of H-pyrrole nitrogens is 1. The van der Waals surface area contributed by atoms with Gasteiger partial charge in [0.15, 0.2) is 0 Å². The van der Waals surface area contributed by atoms with Crippen LogP contribution >= 0.6 is 0 Å². The number of rotatable bonds is 6. The first-order valence-corrected chi connectivity index (χ1v) is 11.0. The first-order chi connectivity index (χ1) is 17.1. The molecule has 0 aliphatic heterocycles. The van der Waals surface area contributed by atoms with Gasteiger partial charge in [-0.15, -0.1) is 0 Å². The number of imidazole rings is 1. The summed E-state index contributed by atoms with van der Waals surface area (Å²) in [5, 5.41) is 5.75. The van der Waals surface area contributed by atoms with Crippen LogP contribution in [0.1, 0.15) is 20.7 Å². The lowest BCUT2D eigenvalue weighted by Crippen LogP contribution is -2.11. The zero-order valence-electron chi connectivity index (χ0n) is 18.9. The highest BCUT2D eigenvalue weighted by Gasteiger charge is 2.12. The first-order valence-electron chi connectivity index (χ1n) is 11.0. The summed E-state index contributed by atoms with van der Waals surface area (Å²) < 4.78 is 5.14. The number of amides is 2. The zero-order valence-corrected chi connectivity index (χ0v) is 18.9. The predicted molar refractivity (Wildman–Crippen MR) is 137 cm³/mol. The number of anilines is 2. The summed E-state index contributed by atoms with van der Waals surface area (Å²) in [6.07, 6.45) is 0. The van der Waals surface area contributed by atoms with E-state index in [1.54, 1.807) is 55.6 Å². The summed E-state index contributed by atoms with van der Waals surface area (Å²) in [5.41, 5.74) is 4.79. The monoisotopic (exact) mass is 462 g/mol. The Kier molecular flexibility index (Phi) is 5.96. The number of ether oxygens (including phenoxy) is 1. The molecular formula is C28H22N4O3. The number of fused-ring (bicyclic) bond motifs is 1. The highest BCUT2D eigenvalue weighted by Crippen LogP contribution is 2.23. The van der Waals surface area contributed by atoms with Crippen LogP contribution in [0.3, 0.4) is 0 Å². The summed E-state index contributed by atoms with van der Waals surface area (Å²) in [7, 11) is 1.60. The van der Waals surface area contributed by atoms with Gasteiger partial charge in [-0.25, -0.2) is 4.98 Å². The summed E-state index contributed by atoms with van der Waals surface area (Å²) in [5.74, 6) is 0.969. The number of nitrogens with one attached hydrogen (secondary N) is 3. The van der Waals surface area contributed by atoms with E-state index in [1.165, 1.54) is 0 Å². The number of benzene rings is 4. The van der Waals surface area contributed by atoms with Crippen molar-refractivity contribution in [3.63, 3.8) is 0 Å². The van der Waals surface area contributed by atoms with E-state index in [0.717, 1.165) is 22.5 Å². The number of hydrogen-bond donors (Lipinski definition) is 3. The highest BCUT2D eigenvalue weighted by molar-refractivity contribution is 6.06. The maximum atomic E-state index is 12.7. The van der Waals surface area contributed by atoms with Gasteiger partial charge in [0, 0.05) is 28.1 Å². The van der Waals surface area contributed by atoms with Crippen LogP contribution in [0.25, 0.3) is 22.4 Å². The zero-order chi connectivity index (χ0) is 24.2. The molecule has 35 heavy (non-hydrogen) atoms. The molecule has 1 aromatic heterocycles. The van der Waals surface area contributed by atoms with Gasteiger partial charge >= 0.3 is 0 Å². The fourth-order valence-electron chi connectivity index (χ4n) is 3.67. The molecule has 4 aromatic carbocycles. The van der Waals surface area contributed by atoms with Gasteiger partial charge in [-0.2, -0.15) is 0 Å². The van der Waals surface area contributed by atoms with E-state index in [1.807, 2.05) is 48.5 Å². The molecule has 0 spiro atoms. The van der Waals surface area contributed by atoms with Gasteiger partial charge in [-0.05, 0) is 66.7 Å². The normalized spacial score (nSPS) is 10.7. The van der Waals surface area contributed by atoms with E-state index in [2.05, 4.69) is 20.6 Å². The third kappa shape index (κ3) is 4.89. The lowest BCUT2D eigenvalue weighted by Gasteiger charge is -2.06.